The van der Waals surface area contributed by atoms with Crippen molar-refractivity contribution < 1.29 is 23.4 Å². The summed E-state index contributed by atoms with van der Waals surface area (Å²) in [6.45, 7) is 0. The molecule has 2 rings (SSSR count). The van der Waals surface area contributed by atoms with Gasteiger partial charge in [-0.1, -0.05) is 0 Å². The van der Waals surface area contributed by atoms with Gasteiger partial charge in [-0.15, -0.1) is 0 Å². The molecule has 9 heteroatoms. The Kier molecular flexibility index (Phi) is 3.52. The van der Waals surface area contributed by atoms with E-state index in [-0.39, 0.29) is 4.90 Å². The van der Waals surface area contributed by atoms with Gasteiger partial charge in [-0.05, 0) is 24.3 Å². The smallest absolute Gasteiger partial charge is 0.360 e. The lowest BCUT2D eigenvalue weighted by Gasteiger charge is -2.07. The van der Waals surface area contributed by atoms with Crippen LogP contribution in [0.4, 0.5) is 0 Å². The summed E-state index contributed by atoms with van der Waals surface area (Å²) in [5, 5.41) is 21.9. The van der Waals surface area contributed by atoms with Crippen LogP contribution >= 0.6 is 0 Å². The third-order valence-electron chi connectivity index (χ3n) is 2.63. The Balaban J connectivity index is 2.57. The molecule has 8 nitrogen and oxygen atoms in total. The lowest BCUT2D eigenvalue weighted by molar-refractivity contribution is 0.0686. The average Bonchev–Trinajstić information content (AvgIpc) is 2.40. The number of carboxylic acids is 1. The fourth-order valence-electron chi connectivity index (χ4n) is 1.60. The number of aromatic nitrogens is 2. The fourth-order valence-corrected chi connectivity index (χ4v) is 2.23. The van der Waals surface area contributed by atoms with Crippen LogP contribution in [0.2, 0.25) is 0 Å². The summed E-state index contributed by atoms with van der Waals surface area (Å²) in [4.78, 5) is 22.3. The molecule has 1 heterocycles. The van der Waals surface area contributed by atoms with Crippen LogP contribution in [0.15, 0.2) is 40.2 Å². The highest BCUT2D eigenvalue weighted by Crippen LogP contribution is 2.14. The van der Waals surface area contributed by atoms with E-state index >= 15 is 0 Å². The zero-order chi connectivity index (χ0) is 15.8. The third-order valence-corrected chi connectivity index (χ3v) is 3.76. The predicted octanol–water partition coefficient (Wildman–Crippen LogP) is 0.0398. The highest BCUT2D eigenvalue weighted by atomic mass is 32.2. The number of nitrogens with zero attached hydrogens (tertiary/aromatic N) is 2. The summed E-state index contributed by atoms with van der Waals surface area (Å²) < 4.78 is 23.7. The van der Waals surface area contributed by atoms with Crippen molar-refractivity contribution in [1.82, 2.24) is 9.78 Å². The Labute approximate surface area is 118 Å². The van der Waals surface area contributed by atoms with Crippen molar-refractivity contribution in [2.45, 2.75) is 4.90 Å². The van der Waals surface area contributed by atoms with Gasteiger partial charge < -0.3 is 10.2 Å². The van der Waals surface area contributed by atoms with Crippen LogP contribution in [0.5, 0.6) is 5.75 Å². The summed E-state index contributed by atoms with van der Waals surface area (Å²) in [6.07, 6.45) is 2.00. The van der Waals surface area contributed by atoms with Crippen LogP contribution in [0.3, 0.4) is 0 Å². The summed E-state index contributed by atoms with van der Waals surface area (Å²) in [5.74, 6) is -2.34. The molecule has 21 heavy (non-hydrogen) atoms. The lowest BCUT2D eigenvalue weighted by atomic mass is 10.3. The molecule has 110 valence electrons. The molecule has 0 aliphatic carbocycles. The zero-order valence-electron chi connectivity index (χ0n) is 10.7. The minimum atomic E-state index is -3.36. The van der Waals surface area contributed by atoms with Crippen LogP contribution in [0, 0.1) is 0 Å². The first-order valence-corrected chi connectivity index (χ1v) is 7.46. The molecule has 0 aliphatic rings. The van der Waals surface area contributed by atoms with E-state index in [2.05, 4.69) is 5.10 Å². The average molecular weight is 310 g/mol. The predicted molar refractivity (Wildman–Crippen MR) is 71.6 cm³/mol. The molecule has 2 aromatic rings. The maximum absolute atomic E-state index is 11.4. The summed E-state index contributed by atoms with van der Waals surface area (Å²) >= 11 is 0. The van der Waals surface area contributed by atoms with Gasteiger partial charge in [-0.3, -0.25) is 4.79 Å². The molecule has 0 fully saturated rings. The number of carboxylic acid groups (broad SMARTS) is 1. The number of rotatable bonds is 3. The topological polar surface area (TPSA) is 127 Å². The molecule has 0 amide bonds. The van der Waals surface area contributed by atoms with Crippen molar-refractivity contribution in [2.24, 2.45) is 0 Å². The summed E-state index contributed by atoms with van der Waals surface area (Å²) in [6, 6.07) is 5.36. The van der Waals surface area contributed by atoms with Crippen LogP contribution in [-0.2, 0) is 9.84 Å². The summed E-state index contributed by atoms with van der Waals surface area (Å²) in [5.41, 5.74) is -1.63. The van der Waals surface area contributed by atoms with E-state index in [0.717, 1.165) is 17.1 Å². The lowest BCUT2D eigenvalue weighted by Crippen LogP contribution is -2.21. The largest absolute Gasteiger partial charge is 0.503 e. The Hall–Kier alpha value is -2.68. The number of aromatic hydroxyl groups is 1. The van der Waals surface area contributed by atoms with Gasteiger partial charge in [0.1, 0.15) is 0 Å². The quantitative estimate of drug-likeness (QED) is 0.819. The molecule has 2 N–H and O–H groups in total. The standard InChI is InChI=1S/C12H10N2O6S/c1-21(19,20)8-4-2-7(3-5-8)14-6-9(15)11(16)10(13-14)12(17)18/h2-6,15H,1H3,(H,17,18). The second kappa shape index (κ2) is 5.02. The minimum absolute atomic E-state index is 0.0787. The van der Waals surface area contributed by atoms with Crippen molar-refractivity contribution in [3.63, 3.8) is 0 Å². The first kappa shape index (κ1) is 14.7. The SMILES string of the molecule is CS(=O)(=O)c1ccc(-n2cc(O)c(=O)c(C(=O)O)n2)cc1. The maximum Gasteiger partial charge on any atom is 0.360 e. The molecule has 0 saturated carbocycles. The number of hydrogen-bond acceptors (Lipinski definition) is 6. The van der Waals surface area contributed by atoms with Gasteiger partial charge in [0, 0.05) is 6.26 Å². The molecule has 0 spiro atoms. The fraction of sp³-hybridized carbons (Fsp3) is 0.0833. The Morgan fingerprint density at radius 3 is 2.29 bits per heavy atom. The molecular formula is C12H10N2O6S. The second-order valence-corrected chi connectivity index (χ2v) is 6.22. The zero-order valence-corrected chi connectivity index (χ0v) is 11.5. The molecule has 0 unspecified atom stereocenters. The minimum Gasteiger partial charge on any atom is -0.503 e. The van der Waals surface area contributed by atoms with E-state index in [1.807, 2.05) is 0 Å². The van der Waals surface area contributed by atoms with Gasteiger partial charge in [-0.25, -0.2) is 17.9 Å². The van der Waals surface area contributed by atoms with Crippen LogP contribution in [0.25, 0.3) is 5.69 Å². The van der Waals surface area contributed by atoms with Gasteiger partial charge in [0.15, 0.2) is 15.6 Å². The van der Waals surface area contributed by atoms with Crippen molar-refractivity contribution in [2.75, 3.05) is 6.26 Å². The Bertz CT molecular complexity index is 868. The first-order chi connectivity index (χ1) is 9.70. The number of hydrogen-bond donors (Lipinski definition) is 2. The monoisotopic (exact) mass is 310 g/mol. The van der Waals surface area contributed by atoms with Crippen LogP contribution in [-0.4, -0.2) is 40.6 Å². The van der Waals surface area contributed by atoms with Crippen molar-refractivity contribution >= 4 is 15.8 Å². The van der Waals surface area contributed by atoms with E-state index in [0.29, 0.717) is 5.69 Å². The number of carbonyl (C=O) groups is 1. The molecule has 1 aromatic heterocycles. The van der Waals surface area contributed by atoms with Crippen molar-refractivity contribution in [1.29, 1.82) is 0 Å². The van der Waals surface area contributed by atoms with Gasteiger partial charge in [0.25, 0.3) is 5.43 Å². The van der Waals surface area contributed by atoms with Crippen LogP contribution < -0.4 is 5.43 Å². The Morgan fingerprint density at radius 2 is 1.81 bits per heavy atom. The van der Waals surface area contributed by atoms with Crippen molar-refractivity contribution in [3.05, 3.63) is 46.4 Å². The maximum atomic E-state index is 11.4. The summed E-state index contributed by atoms with van der Waals surface area (Å²) in [7, 11) is -3.36. The Morgan fingerprint density at radius 1 is 1.24 bits per heavy atom. The van der Waals surface area contributed by atoms with E-state index in [1.165, 1.54) is 24.3 Å². The van der Waals surface area contributed by atoms with Gasteiger partial charge in [0.2, 0.25) is 5.69 Å². The molecule has 0 aliphatic heterocycles. The van der Waals surface area contributed by atoms with Gasteiger partial charge in [-0.2, -0.15) is 5.10 Å². The van der Waals surface area contributed by atoms with E-state index in [4.69, 9.17) is 5.11 Å². The first-order valence-electron chi connectivity index (χ1n) is 5.57. The molecule has 0 radical (unpaired) electrons. The highest BCUT2D eigenvalue weighted by molar-refractivity contribution is 7.90. The van der Waals surface area contributed by atoms with Gasteiger partial charge >= 0.3 is 5.97 Å². The third kappa shape index (κ3) is 2.92. The molecule has 0 bridgehead atoms. The van der Waals surface area contributed by atoms with E-state index in [1.54, 1.807) is 0 Å². The molecule has 1 aromatic carbocycles. The van der Waals surface area contributed by atoms with E-state index in [9.17, 15) is 23.1 Å². The molecule has 0 atom stereocenters. The van der Waals surface area contributed by atoms with Crippen LogP contribution in [0.1, 0.15) is 10.5 Å². The van der Waals surface area contributed by atoms with Crippen molar-refractivity contribution in [3.8, 4) is 11.4 Å². The number of benzene rings is 1. The normalized spacial score (nSPS) is 11.3. The molecule has 0 saturated heterocycles. The number of sulfone groups is 1. The highest BCUT2D eigenvalue weighted by Gasteiger charge is 2.16. The second-order valence-electron chi connectivity index (χ2n) is 4.21. The molecular weight excluding hydrogens is 300 g/mol. The number of aromatic carboxylic acids is 1. The van der Waals surface area contributed by atoms with Gasteiger partial charge in [0.05, 0.1) is 16.8 Å². The van der Waals surface area contributed by atoms with E-state index < -0.39 is 32.7 Å².